The van der Waals surface area contributed by atoms with Gasteiger partial charge in [0.2, 0.25) is 0 Å². The number of hydrogen-bond donors (Lipinski definition) is 0. The number of anilines is 1. The first kappa shape index (κ1) is 17.4. The predicted octanol–water partition coefficient (Wildman–Crippen LogP) is 5.06. The van der Waals surface area contributed by atoms with Crippen LogP contribution >= 0.6 is 23.2 Å². The molecular formula is C21H20Cl2N2O2. The molecule has 0 bridgehead atoms. The summed E-state index contributed by atoms with van der Waals surface area (Å²) in [6.45, 7) is 2.78. The average molecular weight is 403 g/mol. The van der Waals surface area contributed by atoms with Gasteiger partial charge in [-0.3, -0.25) is 9.80 Å². The number of fused-ring (bicyclic) bond motifs is 1. The zero-order valence-corrected chi connectivity index (χ0v) is 16.3. The van der Waals surface area contributed by atoms with Crippen LogP contribution in [0, 0.1) is 0 Å². The van der Waals surface area contributed by atoms with Gasteiger partial charge < -0.3 is 4.74 Å². The maximum absolute atomic E-state index is 12.2. The number of benzene rings is 2. The summed E-state index contributed by atoms with van der Waals surface area (Å²) in [4.78, 5) is 16.5. The number of halogens is 2. The Morgan fingerprint density at radius 3 is 2.63 bits per heavy atom. The van der Waals surface area contributed by atoms with Gasteiger partial charge in [0.05, 0.1) is 12.2 Å². The number of carbonyl (C=O) groups is 1. The van der Waals surface area contributed by atoms with Crippen molar-refractivity contribution in [2.45, 2.75) is 31.3 Å². The molecule has 2 heterocycles. The van der Waals surface area contributed by atoms with Crippen molar-refractivity contribution in [1.82, 2.24) is 4.90 Å². The fraction of sp³-hybridized carbons (Fsp3) is 0.381. The number of carbonyl (C=O) groups excluding carboxylic acids is 1. The summed E-state index contributed by atoms with van der Waals surface area (Å²) in [7, 11) is 0. The molecule has 0 spiro atoms. The second-order valence-electron chi connectivity index (χ2n) is 7.49. The Morgan fingerprint density at radius 1 is 1.07 bits per heavy atom. The molecule has 27 heavy (non-hydrogen) atoms. The monoisotopic (exact) mass is 402 g/mol. The minimum atomic E-state index is -0.276. The number of rotatable bonds is 3. The van der Waals surface area contributed by atoms with Crippen molar-refractivity contribution in [2.24, 2.45) is 0 Å². The van der Waals surface area contributed by atoms with Crippen LogP contribution in [0.5, 0.6) is 0 Å². The highest BCUT2D eigenvalue weighted by molar-refractivity contribution is 6.35. The second-order valence-corrected chi connectivity index (χ2v) is 8.34. The number of cyclic esters (lactones) is 1. The fourth-order valence-electron chi connectivity index (χ4n) is 4.33. The number of para-hydroxylation sites is 1. The average Bonchev–Trinajstić information content (AvgIpc) is 3.42. The van der Waals surface area contributed by atoms with E-state index in [0.717, 1.165) is 34.9 Å². The summed E-state index contributed by atoms with van der Waals surface area (Å²) in [5.41, 5.74) is 4.37. The van der Waals surface area contributed by atoms with E-state index in [2.05, 4.69) is 11.0 Å². The van der Waals surface area contributed by atoms with Gasteiger partial charge in [0.25, 0.3) is 0 Å². The van der Waals surface area contributed by atoms with Crippen LogP contribution in [0.15, 0.2) is 36.4 Å². The predicted molar refractivity (Wildman–Crippen MR) is 107 cm³/mol. The molecule has 1 saturated heterocycles. The van der Waals surface area contributed by atoms with E-state index in [-0.39, 0.29) is 12.0 Å². The zero-order chi connectivity index (χ0) is 18.5. The maximum Gasteiger partial charge on any atom is 0.414 e. The van der Waals surface area contributed by atoms with Gasteiger partial charge in [-0.25, -0.2) is 4.79 Å². The van der Waals surface area contributed by atoms with Crippen LogP contribution in [0.3, 0.4) is 0 Å². The summed E-state index contributed by atoms with van der Waals surface area (Å²) < 4.78 is 5.17. The van der Waals surface area contributed by atoms with Crippen molar-refractivity contribution in [2.75, 3.05) is 24.6 Å². The Hall–Kier alpha value is -1.75. The van der Waals surface area contributed by atoms with Crippen LogP contribution in [0.25, 0.3) is 0 Å². The maximum atomic E-state index is 12.2. The van der Waals surface area contributed by atoms with E-state index in [9.17, 15) is 4.79 Å². The van der Waals surface area contributed by atoms with Crippen LogP contribution in [0.4, 0.5) is 10.5 Å². The first-order chi connectivity index (χ1) is 13.1. The van der Waals surface area contributed by atoms with Crippen molar-refractivity contribution in [3.63, 3.8) is 0 Å². The molecule has 0 radical (unpaired) electrons. The standard InChI is InChI=1S/C21H20Cl2N2O2/c22-13-9-16-17(11-24(14-5-6-14)12-18(16)19(23)10-13)15-3-1-2-4-20(15)25-7-8-27-21(25)26/h1-4,9-10,14,17H,5-8,11-12H2. The van der Waals surface area contributed by atoms with E-state index < -0.39 is 0 Å². The number of ether oxygens (including phenoxy) is 1. The Morgan fingerprint density at radius 2 is 1.89 bits per heavy atom. The number of amides is 1. The smallest absolute Gasteiger partial charge is 0.414 e. The van der Waals surface area contributed by atoms with Gasteiger partial charge in [0, 0.05) is 35.1 Å². The molecule has 2 fully saturated rings. The molecule has 0 aromatic heterocycles. The van der Waals surface area contributed by atoms with Gasteiger partial charge >= 0.3 is 6.09 Å². The highest BCUT2D eigenvalue weighted by Crippen LogP contribution is 2.44. The molecule has 5 rings (SSSR count). The van der Waals surface area contributed by atoms with Gasteiger partial charge in [-0.15, -0.1) is 0 Å². The minimum absolute atomic E-state index is 0.121. The molecule has 1 amide bonds. The Balaban J connectivity index is 1.64. The molecule has 1 saturated carbocycles. The van der Waals surface area contributed by atoms with Crippen molar-refractivity contribution in [3.8, 4) is 0 Å². The van der Waals surface area contributed by atoms with Crippen LogP contribution in [-0.2, 0) is 11.3 Å². The lowest BCUT2D eigenvalue weighted by Gasteiger charge is -2.37. The Bertz CT molecular complexity index is 913. The SMILES string of the molecule is O=C1OCCN1c1ccccc1C1CN(C2CC2)Cc2c(Cl)cc(Cl)cc21. The first-order valence-corrected chi connectivity index (χ1v) is 10.1. The molecule has 2 aromatic rings. The van der Waals surface area contributed by atoms with E-state index in [1.54, 1.807) is 4.90 Å². The minimum Gasteiger partial charge on any atom is -0.447 e. The summed E-state index contributed by atoms with van der Waals surface area (Å²) >= 11 is 12.9. The van der Waals surface area contributed by atoms with Gasteiger partial charge in [0.1, 0.15) is 6.61 Å². The van der Waals surface area contributed by atoms with Crippen LogP contribution < -0.4 is 4.90 Å². The number of hydrogen-bond acceptors (Lipinski definition) is 3. The lowest BCUT2D eigenvalue weighted by Crippen LogP contribution is -2.36. The number of nitrogens with zero attached hydrogens (tertiary/aromatic N) is 2. The molecule has 140 valence electrons. The molecule has 6 heteroatoms. The third-order valence-corrected chi connectivity index (χ3v) is 6.33. The van der Waals surface area contributed by atoms with Crippen molar-refractivity contribution < 1.29 is 9.53 Å². The molecular weight excluding hydrogens is 383 g/mol. The van der Waals surface area contributed by atoms with Crippen molar-refractivity contribution in [3.05, 3.63) is 63.1 Å². The normalized spacial score (nSPS) is 22.7. The van der Waals surface area contributed by atoms with E-state index in [0.29, 0.717) is 24.2 Å². The van der Waals surface area contributed by atoms with E-state index >= 15 is 0 Å². The zero-order valence-electron chi connectivity index (χ0n) is 14.8. The highest BCUT2D eigenvalue weighted by Gasteiger charge is 2.38. The summed E-state index contributed by atoms with van der Waals surface area (Å²) in [6, 6.07) is 12.6. The van der Waals surface area contributed by atoms with Crippen LogP contribution in [0.2, 0.25) is 10.0 Å². The Kier molecular flexibility index (Phi) is 4.30. The molecule has 0 N–H and O–H groups in total. The molecule has 4 nitrogen and oxygen atoms in total. The second kappa shape index (κ2) is 6.69. The molecule has 2 aliphatic heterocycles. The topological polar surface area (TPSA) is 32.8 Å². The third kappa shape index (κ3) is 3.10. The quantitative estimate of drug-likeness (QED) is 0.718. The van der Waals surface area contributed by atoms with Crippen molar-refractivity contribution >= 4 is 35.0 Å². The largest absolute Gasteiger partial charge is 0.447 e. The lowest BCUT2D eigenvalue weighted by atomic mass is 9.83. The van der Waals surface area contributed by atoms with Gasteiger partial charge in [0.15, 0.2) is 0 Å². The van der Waals surface area contributed by atoms with E-state index in [4.69, 9.17) is 27.9 Å². The Labute approximate surface area is 168 Å². The molecule has 1 unspecified atom stereocenters. The van der Waals surface area contributed by atoms with Crippen LogP contribution in [-0.4, -0.2) is 36.7 Å². The van der Waals surface area contributed by atoms with E-state index in [1.807, 2.05) is 30.3 Å². The lowest BCUT2D eigenvalue weighted by molar-refractivity contribution is 0.181. The van der Waals surface area contributed by atoms with E-state index in [1.165, 1.54) is 18.4 Å². The molecule has 3 aliphatic rings. The third-order valence-electron chi connectivity index (χ3n) is 5.78. The molecule has 2 aromatic carbocycles. The van der Waals surface area contributed by atoms with Gasteiger partial charge in [-0.1, -0.05) is 41.4 Å². The van der Waals surface area contributed by atoms with Crippen LogP contribution in [0.1, 0.15) is 35.4 Å². The van der Waals surface area contributed by atoms with Crippen molar-refractivity contribution in [1.29, 1.82) is 0 Å². The van der Waals surface area contributed by atoms with Gasteiger partial charge in [-0.2, -0.15) is 0 Å². The summed E-state index contributed by atoms with van der Waals surface area (Å²) in [6.07, 6.45) is 2.21. The first-order valence-electron chi connectivity index (χ1n) is 9.37. The molecule has 1 aliphatic carbocycles. The van der Waals surface area contributed by atoms with Gasteiger partial charge in [-0.05, 0) is 47.7 Å². The highest BCUT2D eigenvalue weighted by atomic mass is 35.5. The fourth-order valence-corrected chi connectivity index (χ4v) is 4.89. The summed E-state index contributed by atoms with van der Waals surface area (Å²) in [5, 5.41) is 1.38. The summed E-state index contributed by atoms with van der Waals surface area (Å²) in [5.74, 6) is 0.121. The molecule has 1 atom stereocenters.